The number of anilines is 1. The first-order chi connectivity index (χ1) is 9.65. The number of ether oxygens (including phenoxy) is 1. The van der Waals surface area contributed by atoms with E-state index in [2.05, 4.69) is 10.6 Å². The van der Waals surface area contributed by atoms with Gasteiger partial charge in [0.05, 0.1) is 5.69 Å². The highest BCUT2D eigenvalue weighted by Gasteiger charge is 2.05. The van der Waals surface area contributed by atoms with Gasteiger partial charge >= 0.3 is 6.03 Å². The van der Waals surface area contributed by atoms with Crippen LogP contribution in [0.4, 0.5) is 14.9 Å². The van der Waals surface area contributed by atoms with Crippen LogP contribution in [0.1, 0.15) is 0 Å². The Hall–Kier alpha value is -2.27. The van der Waals surface area contributed by atoms with Crippen LogP contribution in [0.25, 0.3) is 0 Å². The van der Waals surface area contributed by atoms with Crippen LogP contribution in [-0.4, -0.2) is 12.8 Å². The van der Waals surface area contributed by atoms with Crippen molar-refractivity contribution < 1.29 is 13.9 Å². The van der Waals surface area contributed by atoms with E-state index in [0.29, 0.717) is 10.8 Å². The maximum Gasteiger partial charge on any atom is 0.321 e. The van der Waals surface area contributed by atoms with Gasteiger partial charge < -0.3 is 15.4 Å². The molecule has 0 bridgehead atoms. The maximum atomic E-state index is 13.3. The van der Waals surface area contributed by atoms with Crippen LogP contribution in [0, 0.1) is 5.82 Å². The quantitative estimate of drug-likeness (QED) is 0.846. The van der Waals surface area contributed by atoms with Crippen molar-refractivity contribution in [2.24, 2.45) is 0 Å². The Bertz CT molecular complexity index is 590. The summed E-state index contributed by atoms with van der Waals surface area (Å²) in [5.41, 5.74) is 0.108. The van der Waals surface area contributed by atoms with E-state index in [9.17, 15) is 9.18 Å². The number of carbonyl (C=O) groups excluding carboxylic acids is 1. The number of nitrogens with one attached hydrogen (secondary N) is 2. The van der Waals surface area contributed by atoms with Crippen LogP contribution >= 0.6 is 11.6 Å². The van der Waals surface area contributed by atoms with Crippen molar-refractivity contribution in [1.29, 1.82) is 0 Å². The summed E-state index contributed by atoms with van der Waals surface area (Å²) < 4.78 is 18.6. The van der Waals surface area contributed by atoms with Crippen LogP contribution in [-0.2, 0) is 0 Å². The molecular weight excluding hydrogens is 283 g/mol. The standard InChI is InChI=1S/C14H12ClFN2O2/c15-10-5-7-11(8-6-10)20-9-17-14(19)18-13-4-2-1-3-12(13)16/h1-8H,9H2,(H2,17,18,19). The van der Waals surface area contributed by atoms with Gasteiger partial charge in [-0.15, -0.1) is 0 Å². The number of hydrogen-bond acceptors (Lipinski definition) is 2. The van der Waals surface area contributed by atoms with Gasteiger partial charge in [0, 0.05) is 5.02 Å². The summed E-state index contributed by atoms with van der Waals surface area (Å²) in [6.07, 6.45) is 0. The molecule has 0 saturated heterocycles. The fraction of sp³-hybridized carbons (Fsp3) is 0.0714. The SMILES string of the molecule is O=C(NCOc1ccc(Cl)cc1)Nc1ccccc1F. The third-order valence-corrected chi connectivity index (χ3v) is 2.66. The summed E-state index contributed by atoms with van der Waals surface area (Å²) in [6, 6.07) is 12.1. The highest BCUT2D eigenvalue weighted by molar-refractivity contribution is 6.30. The van der Waals surface area contributed by atoms with Crippen LogP contribution in [0.2, 0.25) is 5.02 Å². The molecule has 4 nitrogen and oxygen atoms in total. The summed E-state index contributed by atoms with van der Waals surface area (Å²) in [4.78, 5) is 11.5. The third kappa shape index (κ3) is 4.13. The summed E-state index contributed by atoms with van der Waals surface area (Å²) in [7, 11) is 0. The molecule has 0 spiro atoms. The highest BCUT2D eigenvalue weighted by Crippen LogP contribution is 2.15. The van der Waals surface area contributed by atoms with Crippen molar-refractivity contribution in [3.63, 3.8) is 0 Å². The predicted octanol–water partition coefficient (Wildman–Crippen LogP) is 3.64. The number of halogens is 2. The molecule has 0 aliphatic rings. The van der Waals surface area contributed by atoms with Crippen molar-refractivity contribution >= 4 is 23.3 Å². The Morgan fingerprint density at radius 3 is 2.55 bits per heavy atom. The lowest BCUT2D eigenvalue weighted by Gasteiger charge is -2.09. The number of hydrogen-bond donors (Lipinski definition) is 2. The van der Waals surface area contributed by atoms with Crippen LogP contribution in [0.3, 0.4) is 0 Å². The van der Waals surface area contributed by atoms with Crippen molar-refractivity contribution in [3.05, 3.63) is 59.4 Å². The van der Waals surface area contributed by atoms with Gasteiger partial charge in [0.25, 0.3) is 0 Å². The van der Waals surface area contributed by atoms with Gasteiger partial charge in [0.2, 0.25) is 0 Å². The minimum Gasteiger partial charge on any atom is -0.473 e. The van der Waals surface area contributed by atoms with E-state index in [1.165, 1.54) is 12.1 Å². The molecule has 20 heavy (non-hydrogen) atoms. The second-order valence-electron chi connectivity index (χ2n) is 3.85. The van der Waals surface area contributed by atoms with Crippen LogP contribution < -0.4 is 15.4 Å². The van der Waals surface area contributed by atoms with Gasteiger partial charge in [0.15, 0.2) is 6.73 Å². The zero-order chi connectivity index (χ0) is 14.4. The predicted molar refractivity (Wildman–Crippen MR) is 75.5 cm³/mol. The molecule has 0 atom stereocenters. The Morgan fingerprint density at radius 1 is 1.15 bits per heavy atom. The van der Waals surface area contributed by atoms with Crippen molar-refractivity contribution in [1.82, 2.24) is 5.32 Å². The summed E-state index contributed by atoms with van der Waals surface area (Å²) in [6.45, 7) is -0.0398. The zero-order valence-electron chi connectivity index (χ0n) is 10.4. The van der Waals surface area contributed by atoms with Crippen molar-refractivity contribution in [3.8, 4) is 5.75 Å². The average Bonchev–Trinajstić information content (AvgIpc) is 2.44. The van der Waals surface area contributed by atoms with Gasteiger partial charge in [-0.05, 0) is 36.4 Å². The van der Waals surface area contributed by atoms with Gasteiger partial charge in [-0.3, -0.25) is 0 Å². The first kappa shape index (κ1) is 14.1. The van der Waals surface area contributed by atoms with E-state index < -0.39 is 11.8 Å². The first-order valence-corrected chi connectivity index (χ1v) is 6.21. The van der Waals surface area contributed by atoms with E-state index >= 15 is 0 Å². The lowest BCUT2D eigenvalue weighted by atomic mass is 10.3. The number of amides is 2. The summed E-state index contributed by atoms with van der Waals surface area (Å²) in [5.74, 6) is 0.0712. The second kappa shape index (κ2) is 6.77. The van der Waals surface area contributed by atoms with Crippen molar-refractivity contribution in [2.45, 2.75) is 0 Å². The van der Waals surface area contributed by atoms with Gasteiger partial charge in [-0.25, -0.2) is 9.18 Å². The molecule has 104 valence electrons. The lowest BCUT2D eigenvalue weighted by molar-refractivity contribution is 0.234. The molecule has 0 fully saturated rings. The summed E-state index contributed by atoms with van der Waals surface area (Å²) in [5, 5.41) is 5.43. The van der Waals surface area contributed by atoms with E-state index in [1.807, 2.05) is 0 Å². The van der Waals surface area contributed by atoms with E-state index in [4.69, 9.17) is 16.3 Å². The molecule has 2 aromatic rings. The number of para-hydroxylation sites is 1. The molecule has 0 unspecified atom stereocenters. The number of benzene rings is 2. The normalized spacial score (nSPS) is 9.90. The van der Waals surface area contributed by atoms with Crippen LogP contribution in [0.5, 0.6) is 5.75 Å². The van der Waals surface area contributed by atoms with E-state index in [0.717, 1.165) is 0 Å². The topological polar surface area (TPSA) is 50.4 Å². The molecule has 0 aromatic heterocycles. The van der Waals surface area contributed by atoms with Gasteiger partial charge in [0.1, 0.15) is 11.6 Å². The fourth-order valence-corrected chi connectivity index (χ4v) is 1.57. The van der Waals surface area contributed by atoms with Gasteiger partial charge in [-0.1, -0.05) is 23.7 Å². The van der Waals surface area contributed by atoms with E-state index in [-0.39, 0.29) is 12.4 Å². The molecule has 2 rings (SSSR count). The molecule has 0 aliphatic heterocycles. The number of urea groups is 1. The second-order valence-corrected chi connectivity index (χ2v) is 4.29. The van der Waals surface area contributed by atoms with E-state index in [1.54, 1.807) is 36.4 Å². The largest absolute Gasteiger partial charge is 0.473 e. The minimum absolute atomic E-state index is 0.0398. The molecule has 0 aliphatic carbocycles. The molecule has 2 aromatic carbocycles. The lowest BCUT2D eigenvalue weighted by Crippen LogP contribution is -2.32. The molecule has 0 radical (unpaired) electrons. The first-order valence-electron chi connectivity index (χ1n) is 5.83. The smallest absolute Gasteiger partial charge is 0.321 e. The molecule has 2 amide bonds. The minimum atomic E-state index is -0.552. The van der Waals surface area contributed by atoms with Gasteiger partial charge in [-0.2, -0.15) is 0 Å². The fourth-order valence-electron chi connectivity index (χ4n) is 1.44. The monoisotopic (exact) mass is 294 g/mol. The molecule has 2 N–H and O–H groups in total. The Kier molecular flexibility index (Phi) is 4.79. The third-order valence-electron chi connectivity index (χ3n) is 2.41. The number of rotatable bonds is 4. The average molecular weight is 295 g/mol. The molecule has 0 heterocycles. The number of carbonyl (C=O) groups is 1. The van der Waals surface area contributed by atoms with Crippen molar-refractivity contribution in [2.75, 3.05) is 12.0 Å². The molecule has 0 saturated carbocycles. The Balaban J connectivity index is 1.78. The maximum absolute atomic E-state index is 13.3. The molecule has 6 heteroatoms. The summed E-state index contributed by atoms with van der Waals surface area (Å²) >= 11 is 5.73. The molecular formula is C14H12ClFN2O2. The zero-order valence-corrected chi connectivity index (χ0v) is 11.2. The Labute approximate surface area is 120 Å². The van der Waals surface area contributed by atoms with Crippen LogP contribution in [0.15, 0.2) is 48.5 Å². The Morgan fingerprint density at radius 2 is 1.85 bits per heavy atom. The highest BCUT2D eigenvalue weighted by atomic mass is 35.5.